The van der Waals surface area contributed by atoms with Crippen LogP contribution in [0.25, 0.3) is 0 Å². The largest absolute Gasteiger partial charge is 0.396 e. The second kappa shape index (κ2) is 3.96. The van der Waals surface area contributed by atoms with Crippen molar-refractivity contribution in [1.82, 2.24) is 9.97 Å². The normalized spacial score (nSPS) is 9.93. The molecule has 0 bridgehead atoms. The minimum absolute atomic E-state index is 0.623. The van der Waals surface area contributed by atoms with Gasteiger partial charge >= 0.3 is 0 Å². The Balaban J connectivity index is 2.22. The van der Waals surface area contributed by atoms with Gasteiger partial charge < -0.3 is 11.1 Å². The van der Waals surface area contributed by atoms with Crippen LogP contribution in [0, 0.1) is 6.92 Å². The molecule has 0 spiro atoms. The third kappa shape index (κ3) is 2.22. The summed E-state index contributed by atoms with van der Waals surface area (Å²) < 4.78 is 0. The van der Waals surface area contributed by atoms with Crippen LogP contribution in [0.4, 0.5) is 17.2 Å². The number of rotatable bonds is 2. The molecule has 2 heterocycles. The van der Waals surface area contributed by atoms with Crippen LogP contribution >= 0.6 is 0 Å². The van der Waals surface area contributed by atoms with Crippen LogP contribution in [-0.4, -0.2) is 9.97 Å². The third-order valence-electron chi connectivity index (χ3n) is 2.01. The maximum absolute atomic E-state index is 5.75. The van der Waals surface area contributed by atoms with E-state index in [1.54, 1.807) is 24.5 Å². The fraction of sp³-hybridized carbons (Fsp3) is 0.0909. The van der Waals surface area contributed by atoms with Crippen LogP contribution in [-0.2, 0) is 0 Å². The van der Waals surface area contributed by atoms with Gasteiger partial charge in [-0.3, -0.25) is 4.98 Å². The van der Waals surface area contributed by atoms with Crippen molar-refractivity contribution in [2.45, 2.75) is 6.92 Å². The van der Waals surface area contributed by atoms with Gasteiger partial charge in [-0.2, -0.15) is 0 Å². The van der Waals surface area contributed by atoms with Crippen LogP contribution < -0.4 is 11.1 Å². The van der Waals surface area contributed by atoms with E-state index < -0.39 is 0 Å². The smallest absolute Gasteiger partial charge is 0.153 e. The lowest BCUT2D eigenvalue weighted by molar-refractivity contribution is 1.19. The van der Waals surface area contributed by atoms with Gasteiger partial charge in [0, 0.05) is 11.9 Å². The summed E-state index contributed by atoms with van der Waals surface area (Å²) in [5, 5.41) is 3.10. The molecule has 3 N–H and O–H groups in total. The quantitative estimate of drug-likeness (QED) is 0.779. The Morgan fingerprint density at radius 3 is 2.73 bits per heavy atom. The molecule has 0 atom stereocenters. The fourth-order valence-electron chi connectivity index (χ4n) is 1.20. The molecule has 0 unspecified atom stereocenters. The molecule has 15 heavy (non-hydrogen) atoms. The van der Waals surface area contributed by atoms with Gasteiger partial charge in [0.15, 0.2) is 5.82 Å². The summed E-state index contributed by atoms with van der Waals surface area (Å²) in [5.74, 6) is 0.656. The molecule has 0 saturated carbocycles. The van der Waals surface area contributed by atoms with Crippen molar-refractivity contribution < 1.29 is 0 Å². The van der Waals surface area contributed by atoms with E-state index in [0.29, 0.717) is 11.5 Å². The Morgan fingerprint density at radius 2 is 2.07 bits per heavy atom. The van der Waals surface area contributed by atoms with Crippen LogP contribution in [0.2, 0.25) is 0 Å². The summed E-state index contributed by atoms with van der Waals surface area (Å²) in [4.78, 5) is 8.31. The van der Waals surface area contributed by atoms with Gasteiger partial charge in [-0.25, -0.2) is 4.98 Å². The zero-order valence-corrected chi connectivity index (χ0v) is 8.44. The van der Waals surface area contributed by atoms with Crippen LogP contribution in [0.5, 0.6) is 0 Å². The highest BCUT2D eigenvalue weighted by atomic mass is 15.0. The summed E-state index contributed by atoms with van der Waals surface area (Å²) in [6.07, 6.45) is 3.45. The summed E-state index contributed by atoms with van der Waals surface area (Å²) in [6, 6.07) is 7.47. The first-order valence-electron chi connectivity index (χ1n) is 4.66. The van der Waals surface area contributed by atoms with Crippen LogP contribution in [0.15, 0.2) is 36.7 Å². The summed E-state index contributed by atoms with van der Waals surface area (Å²) in [7, 11) is 0. The lowest BCUT2D eigenvalue weighted by Crippen LogP contribution is -1.98. The fourth-order valence-corrected chi connectivity index (χ4v) is 1.20. The van der Waals surface area contributed by atoms with Gasteiger partial charge in [-0.05, 0) is 31.2 Å². The molecule has 0 radical (unpaired) electrons. The second-order valence-electron chi connectivity index (χ2n) is 3.25. The number of hydrogen-bond acceptors (Lipinski definition) is 4. The van der Waals surface area contributed by atoms with Crippen molar-refractivity contribution in [2.75, 3.05) is 11.1 Å². The van der Waals surface area contributed by atoms with Crippen LogP contribution in [0.1, 0.15) is 5.69 Å². The average molecular weight is 200 g/mol. The first-order chi connectivity index (χ1) is 7.25. The Hall–Kier alpha value is -2.10. The lowest BCUT2D eigenvalue weighted by Gasteiger charge is -2.07. The zero-order valence-electron chi connectivity index (χ0n) is 8.44. The molecule has 0 aliphatic heterocycles. The van der Waals surface area contributed by atoms with Gasteiger partial charge in [0.25, 0.3) is 0 Å². The predicted octanol–water partition coefficient (Wildman–Crippen LogP) is 2.11. The first kappa shape index (κ1) is 9.45. The van der Waals surface area contributed by atoms with E-state index in [4.69, 9.17) is 5.73 Å². The highest BCUT2D eigenvalue weighted by molar-refractivity contribution is 5.67. The van der Waals surface area contributed by atoms with E-state index in [2.05, 4.69) is 15.3 Å². The molecule has 0 amide bonds. The zero-order chi connectivity index (χ0) is 10.7. The number of nitrogens with two attached hydrogens (primary N) is 1. The molecule has 0 aromatic carbocycles. The van der Waals surface area contributed by atoms with E-state index >= 15 is 0 Å². The van der Waals surface area contributed by atoms with Crippen molar-refractivity contribution in [3.63, 3.8) is 0 Å². The molecule has 0 saturated heterocycles. The first-order valence-corrected chi connectivity index (χ1v) is 4.66. The van der Waals surface area contributed by atoms with Gasteiger partial charge in [0.05, 0.1) is 17.6 Å². The number of hydrogen-bond donors (Lipinski definition) is 2. The number of nitrogen functional groups attached to an aromatic ring is 1. The summed E-state index contributed by atoms with van der Waals surface area (Å²) in [5.41, 5.74) is 8.24. The number of nitrogens with one attached hydrogen (secondary N) is 1. The molecule has 4 heteroatoms. The Morgan fingerprint density at radius 1 is 1.20 bits per heavy atom. The van der Waals surface area contributed by atoms with Crippen molar-refractivity contribution in [1.29, 1.82) is 0 Å². The standard InChI is InChI=1S/C11H12N4/c1-8-4-5-9(7-14-8)15-11-10(12)3-2-6-13-11/h2-7H,12H2,1H3,(H,13,15). The molecular formula is C11H12N4. The Bertz CT molecular complexity index is 450. The average Bonchev–Trinajstić information content (AvgIpc) is 2.25. The SMILES string of the molecule is Cc1ccc(Nc2ncccc2N)cn1. The maximum Gasteiger partial charge on any atom is 0.153 e. The van der Waals surface area contributed by atoms with Crippen molar-refractivity contribution >= 4 is 17.2 Å². The van der Waals surface area contributed by atoms with E-state index in [-0.39, 0.29) is 0 Å². The Labute approximate surface area is 88.2 Å². The summed E-state index contributed by atoms with van der Waals surface area (Å²) in [6.45, 7) is 1.94. The lowest BCUT2D eigenvalue weighted by atomic mass is 10.3. The van der Waals surface area contributed by atoms with Gasteiger partial charge in [0.1, 0.15) is 0 Å². The maximum atomic E-state index is 5.75. The van der Waals surface area contributed by atoms with Gasteiger partial charge in [-0.15, -0.1) is 0 Å². The molecule has 2 aromatic rings. The molecule has 4 nitrogen and oxygen atoms in total. The molecule has 76 valence electrons. The molecule has 2 aromatic heterocycles. The van der Waals surface area contributed by atoms with Crippen molar-refractivity contribution in [3.05, 3.63) is 42.4 Å². The number of aryl methyl sites for hydroxylation is 1. The van der Waals surface area contributed by atoms with E-state index in [1.165, 1.54) is 0 Å². The molecular weight excluding hydrogens is 188 g/mol. The number of aromatic nitrogens is 2. The Kier molecular flexibility index (Phi) is 2.49. The molecule has 0 aliphatic rings. The highest BCUT2D eigenvalue weighted by Crippen LogP contribution is 2.18. The predicted molar refractivity (Wildman–Crippen MR) is 60.9 cm³/mol. The van der Waals surface area contributed by atoms with E-state index in [0.717, 1.165) is 11.4 Å². The highest BCUT2D eigenvalue weighted by Gasteiger charge is 1.99. The monoisotopic (exact) mass is 200 g/mol. The number of pyridine rings is 2. The molecule has 0 aliphatic carbocycles. The topological polar surface area (TPSA) is 63.8 Å². The van der Waals surface area contributed by atoms with Gasteiger partial charge in [0.2, 0.25) is 0 Å². The minimum Gasteiger partial charge on any atom is -0.396 e. The van der Waals surface area contributed by atoms with Crippen molar-refractivity contribution in [2.24, 2.45) is 0 Å². The summed E-state index contributed by atoms with van der Waals surface area (Å²) >= 11 is 0. The third-order valence-corrected chi connectivity index (χ3v) is 2.01. The van der Waals surface area contributed by atoms with E-state index in [9.17, 15) is 0 Å². The van der Waals surface area contributed by atoms with Gasteiger partial charge in [-0.1, -0.05) is 0 Å². The van der Waals surface area contributed by atoms with Crippen molar-refractivity contribution in [3.8, 4) is 0 Å². The minimum atomic E-state index is 0.623. The second-order valence-corrected chi connectivity index (χ2v) is 3.25. The van der Waals surface area contributed by atoms with Crippen LogP contribution in [0.3, 0.4) is 0 Å². The number of nitrogens with zero attached hydrogens (tertiary/aromatic N) is 2. The molecule has 2 rings (SSSR count). The van der Waals surface area contributed by atoms with E-state index in [1.807, 2.05) is 19.1 Å². The molecule has 0 fully saturated rings. The number of anilines is 3.